The second-order valence-corrected chi connectivity index (χ2v) is 4.90. The lowest BCUT2D eigenvalue weighted by Gasteiger charge is -2.24. The topological polar surface area (TPSA) is 37.3 Å². The molecule has 2 nitrogen and oxygen atoms in total. The van der Waals surface area contributed by atoms with Crippen LogP contribution < -0.4 is 0 Å². The Morgan fingerprint density at radius 3 is 2.88 bits per heavy atom. The van der Waals surface area contributed by atoms with Gasteiger partial charge >= 0.3 is 5.97 Å². The van der Waals surface area contributed by atoms with Crippen molar-refractivity contribution in [3.63, 3.8) is 0 Å². The van der Waals surface area contributed by atoms with Crippen molar-refractivity contribution >= 4 is 5.97 Å². The molecule has 2 unspecified atom stereocenters. The monoisotopic (exact) mass is 214 g/mol. The fourth-order valence-corrected chi connectivity index (χ4v) is 3.07. The summed E-state index contributed by atoms with van der Waals surface area (Å²) in [6, 6.07) is 7.41. The highest BCUT2D eigenvalue weighted by molar-refractivity contribution is 5.87. The fraction of sp³-hybridized carbons (Fsp3) is 0.357. The van der Waals surface area contributed by atoms with Crippen molar-refractivity contribution in [3.8, 4) is 0 Å². The highest BCUT2D eigenvalue weighted by Gasteiger charge is 2.41. The van der Waals surface area contributed by atoms with E-state index in [0.717, 1.165) is 12.8 Å². The van der Waals surface area contributed by atoms with Crippen LogP contribution in [0.15, 0.2) is 36.4 Å². The summed E-state index contributed by atoms with van der Waals surface area (Å²) < 4.78 is 0. The maximum Gasteiger partial charge on any atom is 0.335 e. The Bertz CT molecular complexity index is 475. The molecular formula is C14H14O2. The van der Waals surface area contributed by atoms with Gasteiger partial charge in [0.05, 0.1) is 5.56 Å². The number of allylic oxidation sites excluding steroid dienone is 2. The highest BCUT2D eigenvalue weighted by Crippen LogP contribution is 2.50. The van der Waals surface area contributed by atoms with E-state index in [-0.39, 0.29) is 5.41 Å². The van der Waals surface area contributed by atoms with Gasteiger partial charge in [0.15, 0.2) is 0 Å². The lowest BCUT2D eigenvalue weighted by atomic mass is 9.80. The summed E-state index contributed by atoms with van der Waals surface area (Å²) in [5.74, 6) is -0.122. The lowest BCUT2D eigenvalue weighted by Crippen LogP contribution is -2.17. The third kappa shape index (κ3) is 1.29. The molecule has 2 bridgehead atoms. The van der Waals surface area contributed by atoms with Gasteiger partial charge in [0.1, 0.15) is 0 Å². The average molecular weight is 214 g/mol. The molecule has 0 radical (unpaired) electrons. The Hall–Kier alpha value is -1.57. The number of rotatable bonds is 2. The second kappa shape index (κ2) is 3.21. The number of hydrogen-bond acceptors (Lipinski definition) is 1. The smallest absolute Gasteiger partial charge is 0.335 e. The minimum Gasteiger partial charge on any atom is -0.478 e. The molecule has 1 aromatic rings. The van der Waals surface area contributed by atoms with Gasteiger partial charge in [0, 0.05) is 5.41 Å². The molecule has 2 aliphatic carbocycles. The molecule has 0 amide bonds. The molecule has 0 spiro atoms. The maximum absolute atomic E-state index is 11.0. The predicted molar refractivity (Wildman–Crippen MR) is 61.6 cm³/mol. The third-order valence-electron chi connectivity index (χ3n) is 3.96. The Balaban J connectivity index is 2.04. The summed E-state index contributed by atoms with van der Waals surface area (Å²) in [6.07, 6.45) is 8.14. The van der Waals surface area contributed by atoms with Gasteiger partial charge in [-0.15, -0.1) is 0 Å². The Kier molecular flexibility index (Phi) is 1.93. The van der Waals surface area contributed by atoms with Crippen molar-refractivity contribution in [1.29, 1.82) is 0 Å². The zero-order valence-corrected chi connectivity index (χ0v) is 9.02. The summed E-state index contributed by atoms with van der Waals surface area (Å²) in [5.41, 5.74) is 1.70. The van der Waals surface area contributed by atoms with Crippen LogP contribution in [-0.2, 0) is 5.41 Å². The van der Waals surface area contributed by atoms with E-state index in [9.17, 15) is 4.79 Å². The predicted octanol–water partition coefficient (Wildman–Crippen LogP) is 2.99. The number of benzene rings is 1. The summed E-state index contributed by atoms with van der Waals surface area (Å²) in [5, 5.41) is 9.00. The standard InChI is InChI=1S/C14H14O2/c15-13(16)11-2-1-3-12(8-11)14-6-4-10(9-14)5-7-14/h1-4,6,8,10H,5,7,9H2,(H,15,16). The van der Waals surface area contributed by atoms with E-state index in [0.29, 0.717) is 11.5 Å². The van der Waals surface area contributed by atoms with Crippen molar-refractivity contribution in [2.45, 2.75) is 24.7 Å². The molecular weight excluding hydrogens is 200 g/mol. The SMILES string of the molecule is O=C(O)c1cccc(C23C=CC(CC2)C3)c1. The van der Waals surface area contributed by atoms with Crippen molar-refractivity contribution in [1.82, 2.24) is 0 Å². The molecule has 2 heteroatoms. The van der Waals surface area contributed by atoms with Gasteiger partial charge in [-0.25, -0.2) is 4.79 Å². The van der Waals surface area contributed by atoms with E-state index < -0.39 is 5.97 Å². The van der Waals surface area contributed by atoms with Crippen LogP contribution in [0.1, 0.15) is 35.2 Å². The van der Waals surface area contributed by atoms with Crippen LogP contribution in [0.4, 0.5) is 0 Å². The molecule has 0 aliphatic heterocycles. The van der Waals surface area contributed by atoms with Crippen LogP contribution >= 0.6 is 0 Å². The van der Waals surface area contributed by atoms with E-state index in [4.69, 9.17) is 5.11 Å². The Labute approximate surface area is 94.6 Å². The van der Waals surface area contributed by atoms with Crippen molar-refractivity contribution < 1.29 is 9.90 Å². The molecule has 1 saturated carbocycles. The molecule has 3 rings (SSSR count). The molecule has 1 aromatic carbocycles. The molecule has 0 saturated heterocycles. The number of hydrogen-bond donors (Lipinski definition) is 1. The first-order valence-corrected chi connectivity index (χ1v) is 5.73. The van der Waals surface area contributed by atoms with Gasteiger partial charge < -0.3 is 5.11 Å². The van der Waals surface area contributed by atoms with E-state index in [1.54, 1.807) is 6.07 Å². The first-order valence-electron chi connectivity index (χ1n) is 5.73. The first-order chi connectivity index (χ1) is 7.70. The molecule has 2 aliphatic rings. The minimum absolute atomic E-state index is 0.135. The maximum atomic E-state index is 11.0. The van der Waals surface area contributed by atoms with Gasteiger partial charge in [-0.2, -0.15) is 0 Å². The van der Waals surface area contributed by atoms with Crippen molar-refractivity contribution in [2.24, 2.45) is 5.92 Å². The molecule has 82 valence electrons. The quantitative estimate of drug-likeness (QED) is 0.768. The van der Waals surface area contributed by atoms with Gasteiger partial charge in [0.25, 0.3) is 0 Å². The number of fused-ring (bicyclic) bond motifs is 2. The molecule has 0 heterocycles. The normalized spacial score (nSPS) is 30.9. The number of aromatic carboxylic acids is 1. The molecule has 0 aromatic heterocycles. The molecule has 1 N–H and O–H groups in total. The van der Waals surface area contributed by atoms with Crippen LogP contribution in [0.25, 0.3) is 0 Å². The minimum atomic E-state index is -0.838. The van der Waals surface area contributed by atoms with Gasteiger partial charge in [-0.3, -0.25) is 0 Å². The average Bonchev–Trinajstić information content (AvgIpc) is 2.90. The fourth-order valence-electron chi connectivity index (χ4n) is 3.07. The van der Waals surface area contributed by atoms with Gasteiger partial charge in [-0.1, -0.05) is 24.3 Å². The van der Waals surface area contributed by atoms with Crippen molar-refractivity contribution in [2.75, 3.05) is 0 Å². The first kappa shape index (κ1) is 9.64. The van der Waals surface area contributed by atoms with E-state index in [1.165, 1.54) is 12.0 Å². The van der Waals surface area contributed by atoms with E-state index in [1.807, 2.05) is 12.1 Å². The van der Waals surface area contributed by atoms with Gasteiger partial charge in [-0.05, 0) is 42.9 Å². The summed E-state index contributed by atoms with van der Waals surface area (Å²) in [7, 11) is 0. The van der Waals surface area contributed by atoms with E-state index >= 15 is 0 Å². The summed E-state index contributed by atoms with van der Waals surface area (Å²) in [6.45, 7) is 0. The van der Waals surface area contributed by atoms with Crippen LogP contribution in [0, 0.1) is 5.92 Å². The van der Waals surface area contributed by atoms with Crippen LogP contribution in [0.2, 0.25) is 0 Å². The second-order valence-electron chi connectivity index (χ2n) is 4.90. The number of carboxylic acid groups (broad SMARTS) is 1. The molecule has 1 fully saturated rings. The Morgan fingerprint density at radius 2 is 2.31 bits per heavy atom. The summed E-state index contributed by atoms with van der Waals surface area (Å²) >= 11 is 0. The summed E-state index contributed by atoms with van der Waals surface area (Å²) in [4.78, 5) is 11.0. The highest BCUT2D eigenvalue weighted by atomic mass is 16.4. The van der Waals surface area contributed by atoms with Crippen LogP contribution in [0.3, 0.4) is 0 Å². The zero-order valence-electron chi connectivity index (χ0n) is 9.02. The molecule has 2 atom stereocenters. The largest absolute Gasteiger partial charge is 0.478 e. The van der Waals surface area contributed by atoms with Crippen LogP contribution in [0.5, 0.6) is 0 Å². The third-order valence-corrected chi connectivity index (χ3v) is 3.96. The van der Waals surface area contributed by atoms with Crippen molar-refractivity contribution in [3.05, 3.63) is 47.5 Å². The lowest BCUT2D eigenvalue weighted by molar-refractivity contribution is 0.0696. The Morgan fingerprint density at radius 1 is 1.44 bits per heavy atom. The number of carbonyl (C=O) groups is 1. The van der Waals surface area contributed by atoms with Gasteiger partial charge in [0.2, 0.25) is 0 Å². The van der Waals surface area contributed by atoms with Crippen LogP contribution in [-0.4, -0.2) is 11.1 Å². The van der Waals surface area contributed by atoms with E-state index in [2.05, 4.69) is 18.2 Å². The number of carboxylic acids is 1. The molecule has 16 heavy (non-hydrogen) atoms. The zero-order chi connectivity index (χ0) is 11.2.